The summed E-state index contributed by atoms with van der Waals surface area (Å²) >= 11 is 0.333. The fraction of sp³-hybridized carbons (Fsp3) is 0.111. The third-order valence-corrected chi connectivity index (χ3v) is 5.33. The van der Waals surface area contributed by atoms with E-state index in [1.54, 1.807) is 0 Å². The topological polar surface area (TPSA) is 55.1 Å². The van der Waals surface area contributed by atoms with Crippen molar-refractivity contribution in [2.24, 2.45) is 0 Å². The molecule has 0 aliphatic heterocycles. The molecule has 0 radical (unpaired) electrons. The van der Waals surface area contributed by atoms with Crippen LogP contribution in [0.5, 0.6) is 0 Å². The summed E-state index contributed by atoms with van der Waals surface area (Å²) in [4.78, 5) is 14.9. The number of benzene rings is 2. The Morgan fingerprint density at radius 1 is 0.966 bits per heavy atom. The maximum Gasteiger partial charge on any atom is 0.443 e. The molecule has 4 rings (SSSR count). The Bertz CT molecular complexity index is 1250. The van der Waals surface area contributed by atoms with Crippen LogP contribution < -0.4 is 0 Å². The number of fused-ring (bicyclic) bond motifs is 3. The van der Waals surface area contributed by atoms with E-state index < -0.39 is 28.9 Å². The van der Waals surface area contributed by atoms with Crippen molar-refractivity contribution >= 4 is 38.6 Å². The molecule has 0 aliphatic carbocycles. The minimum absolute atomic E-state index is 0.0506. The highest BCUT2D eigenvalue weighted by atomic mass is 32.1. The van der Waals surface area contributed by atoms with Crippen molar-refractivity contribution < 1.29 is 36.2 Å². The SMILES string of the molecule is O=C(O)c1ccc2c(c1)c1nc(C(F)(F)F)sc1n2-c1ccc(C(F)(F)F)cc1. The average molecular weight is 430 g/mol. The lowest BCUT2D eigenvalue weighted by Crippen LogP contribution is -2.05. The number of hydrogen-bond donors (Lipinski definition) is 1. The molecule has 2 aromatic heterocycles. The van der Waals surface area contributed by atoms with E-state index in [1.807, 2.05) is 0 Å². The van der Waals surface area contributed by atoms with Gasteiger partial charge in [0.15, 0.2) is 0 Å². The zero-order chi connectivity index (χ0) is 21.1. The number of halogens is 6. The van der Waals surface area contributed by atoms with Crippen LogP contribution in [0.1, 0.15) is 20.9 Å². The molecule has 4 aromatic rings. The minimum atomic E-state index is -4.72. The highest BCUT2D eigenvalue weighted by molar-refractivity contribution is 7.18. The number of carbonyl (C=O) groups is 1. The summed E-state index contributed by atoms with van der Waals surface area (Å²) in [7, 11) is 0. The molecule has 0 saturated carbocycles. The molecule has 0 fully saturated rings. The molecule has 0 atom stereocenters. The molecule has 0 unspecified atom stereocenters. The molecule has 29 heavy (non-hydrogen) atoms. The molecule has 2 heterocycles. The summed E-state index contributed by atoms with van der Waals surface area (Å²) in [6.45, 7) is 0. The first-order valence-corrected chi connectivity index (χ1v) is 8.71. The van der Waals surface area contributed by atoms with Crippen molar-refractivity contribution in [1.29, 1.82) is 0 Å². The van der Waals surface area contributed by atoms with Crippen molar-refractivity contribution in [1.82, 2.24) is 9.55 Å². The van der Waals surface area contributed by atoms with E-state index in [0.29, 0.717) is 16.9 Å². The Morgan fingerprint density at radius 2 is 1.62 bits per heavy atom. The Labute approximate surface area is 161 Å². The molecule has 4 nitrogen and oxygen atoms in total. The predicted octanol–water partition coefficient (Wildman–Crippen LogP) is 5.98. The fourth-order valence-electron chi connectivity index (χ4n) is 2.98. The largest absolute Gasteiger partial charge is 0.478 e. The number of thiazole rings is 1. The van der Waals surface area contributed by atoms with Crippen molar-refractivity contribution in [2.75, 3.05) is 0 Å². The first kappa shape index (κ1) is 19.2. The monoisotopic (exact) mass is 430 g/mol. The van der Waals surface area contributed by atoms with Gasteiger partial charge in [-0.2, -0.15) is 26.3 Å². The summed E-state index contributed by atoms with van der Waals surface area (Å²) in [5.74, 6) is -1.27. The Hall–Kier alpha value is -3.08. The van der Waals surface area contributed by atoms with E-state index in [2.05, 4.69) is 4.98 Å². The van der Waals surface area contributed by atoms with E-state index >= 15 is 0 Å². The Kier molecular flexibility index (Phi) is 4.12. The number of rotatable bonds is 2. The molecule has 2 aromatic carbocycles. The van der Waals surface area contributed by atoms with Gasteiger partial charge in [-0.15, -0.1) is 0 Å². The second-order valence-corrected chi connectivity index (χ2v) is 7.07. The lowest BCUT2D eigenvalue weighted by molar-refractivity contribution is -0.138. The maximum atomic E-state index is 13.1. The molecule has 0 saturated heterocycles. The van der Waals surface area contributed by atoms with Crippen LogP contribution in [0.4, 0.5) is 26.3 Å². The Balaban J connectivity index is 2.02. The van der Waals surface area contributed by atoms with Crippen molar-refractivity contribution in [3.8, 4) is 5.69 Å². The zero-order valence-electron chi connectivity index (χ0n) is 14.0. The molecule has 0 spiro atoms. The van der Waals surface area contributed by atoms with Gasteiger partial charge in [0.25, 0.3) is 0 Å². The van der Waals surface area contributed by atoms with Crippen LogP contribution in [0, 0.1) is 0 Å². The molecule has 0 amide bonds. The maximum absolute atomic E-state index is 13.1. The summed E-state index contributed by atoms with van der Waals surface area (Å²) in [5, 5.41) is 8.20. The van der Waals surface area contributed by atoms with Gasteiger partial charge in [-0.3, -0.25) is 4.57 Å². The van der Waals surface area contributed by atoms with Crippen molar-refractivity contribution in [3.63, 3.8) is 0 Å². The van der Waals surface area contributed by atoms with E-state index in [-0.39, 0.29) is 27.0 Å². The number of nitrogens with zero attached hydrogens (tertiary/aromatic N) is 2. The van der Waals surface area contributed by atoms with Gasteiger partial charge >= 0.3 is 18.3 Å². The van der Waals surface area contributed by atoms with Crippen molar-refractivity contribution in [2.45, 2.75) is 12.4 Å². The second-order valence-electron chi connectivity index (χ2n) is 6.09. The summed E-state index contributed by atoms with van der Waals surface area (Å²) in [6, 6.07) is 7.77. The van der Waals surface area contributed by atoms with Crippen LogP contribution in [0.2, 0.25) is 0 Å². The van der Waals surface area contributed by atoms with Gasteiger partial charge in [0, 0.05) is 11.1 Å². The number of carboxylic acid groups (broad SMARTS) is 1. The van der Waals surface area contributed by atoms with Gasteiger partial charge < -0.3 is 5.11 Å². The van der Waals surface area contributed by atoms with Gasteiger partial charge in [0.2, 0.25) is 5.01 Å². The standard InChI is InChI=1S/C18H8F6N2O2S/c19-17(20,21)9-2-4-10(5-3-9)26-12-6-1-8(15(27)28)7-11(12)13-14(26)29-16(25-13)18(22,23)24/h1-7H,(H,27,28). The number of hydrogen-bond acceptors (Lipinski definition) is 3. The third-order valence-electron chi connectivity index (χ3n) is 4.25. The van der Waals surface area contributed by atoms with Gasteiger partial charge in [0.05, 0.1) is 16.6 Å². The van der Waals surface area contributed by atoms with Gasteiger partial charge in [0.1, 0.15) is 10.3 Å². The van der Waals surface area contributed by atoms with Crippen LogP contribution in [-0.4, -0.2) is 20.6 Å². The fourth-order valence-corrected chi connectivity index (χ4v) is 3.96. The second kappa shape index (κ2) is 6.21. The predicted molar refractivity (Wildman–Crippen MR) is 93.4 cm³/mol. The number of aromatic nitrogens is 2. The molecular weight excluding hydrogens is 422 g/mol. The first-order valence-electron chi connectivity index (χ1n) is 7.90. The lowest BCUT2D eigenvalue weighted by Gasteiger charge is -2.10. The van der Waals surface area contributed by atoms with Crippen LogP contribution >= 0.6 is 11.3 Å². The van der Waals surface area contributed by atoms with Crippen LogP contribution in [0.15, 0.2) is 42.5 Å². The molecular formula is C18H8F6N2O2S. The van der Waals surface area contributed by atoms with E-state index in [4.69, 9.17) is 0 Å². The number of carboxylic acids is 1. The summed E-state index contributed by atoms with van der Waals surface area (Å²) < 4.78 is 79.3. The molecule has 1 N–H and O–H groups in total. The van der Waals surface area contributed by atoms with Gasteiger partial charge in [-0.1, -0.05) is 11.3 Å². The van der Waals surface area contributed by atoms with Crippen LogP contribution in [-0.2, 0) is 12.4 Å². The smallest absolute Gasteiger partial charge is 0.443 e. The normalized spacial score (nSPS) is 12.8. The molecule has 0 aliphatic rings. The Morgan fingerprint density at radius 3 is 2.17 bits per heavy atom. The number of aromatic carboxylic acids is 1. The highest BCUT2D eigenvalue weighted by Crippen LogP contribution is 2.41. The molecule has 11 heteroatoms. The summed E-state index contributed by atoms with van der Waals surface area (Å²) in [6.07, 6.45) is -9.28. The lowest BCUT2D eigenvalue weighted by atomic mass is 10.1. The quantitative estimate of drug-likeness (QED) is 0.399. The van der Waals surface area contributed by atoms with Gasteiger partial charge in [-0.25, -0.2) is 9.78 Å². The van der Waals surface area contributed by atoms with Crippen LogP contribution in [0.25, 0.3) is 26.9 Å². The third kappa shape index (κ3) is 3.20. The first-order chi connectivity index (χ1) is 13.5. The summed E-state index contributed by atoms with van der Waals surface area (Å²) in [5.41, 5.74) is -0.594. The van der Waals surface area contributed by atoms with Gasteiger partial charge in [-0.05, 0) is 42.5 Å². The van der Waals surface area contributed by atoms with Crippen molar-refractivity contribution in [3.05, 3.63) is 58.6 Å². The van der Waals surface area contributed by atoms with Crippen LogP contribution in [0.3, 0.4) is 0 Å². The van der Waals surface area contributed by atoms with E-state index in [9.17, 15) is 36.2 Å². The van der Waals surface area contributed by atoms with E-state index in [1.165, 1.54) is 22.8 Å². The number of alkyl halides is 6. The molecule has 0 bridgehead atoms. The van der Waals surface area contributed by atoms with E-state index in [0.717, 1.165) is 24.3 Å². The zero-order valence-corrected chi connectivity index (χ0v) is 14.8. The molecule has 150 valence electrons. The highest BCUT2D eigenvalue weighted by Gasteiger charge is 2.36. The minimum Gasteiger partial charge on any atom is -0.478 e. The average Bonchev–Trinajstić information content (AvgIpc) is 3.17.